The summed E-state index contributed by atoms with van der Waals surface area (Å²) in [4.78, 5) is 16.4. The highest BCUT2D eigenvalue weighted by atomic mass is 16.5. The van der Waals surface area contributed by atoms with Gasteiger partial charge in [-0.25, -0.2) is 0 Å². The first-order valence-corrected chi connectivity index (χ1v) is 9.37. The fourth-order valence-corrected chi connectivity index (χ4v) is 2.72. The zero-order valence-corrected chi connectivity index (χ0v) is 16.1. The third-order valence-corrected chi connectivity index (χ3v) is 4.22. The molecule has 0 aliphatic carbocycles. The van der Waals surface area contributed by atoms with Gasteiger partial charge in [-0.1, -0.05) is 13.8 Å². The summed E-state index contributed by atoms with van der Waals surface area (Å²) in [5.41, 5.74) is 0. The highest BCUT2D eigenvalue weighted by molar-refractivity contribution is 5.75. The van der Waals surface area contributed by atoms with Crippen LogP contribution in [-0.4, -0.2) is 87.4 Å². The van der Waals surface area contributed by atoms with Crippen molar-refractivity contribution in [1.29, 1.82) is 0 Å². The lowest BCUT2D eigenvalue weighted by molar-refractivity contribution is -0.122. The number of amides is 1. The average Bonchev–Trinajstić information content (AvgIpc) is 2.53. The Kier molecular flexibility index (Phi) is 11.2. The molecule has 0 spiro atoms. The number of ether oxygens (including phenoxy) is 2. The maximum Gasteiger partial charge on any atom is 0.220 e. The minimum Gasteiger partial charge on any atom is -0.378 e. The molecule has 24 heavy (non-hydrogen) atoms. The van der Waals surface area contributed by atoms with Crippen molar-refractivity contribution in [3.63, 3.8) is 0 Å². The van der Waals surface area contributed by atoms with Crippen LogP contribution in [0.2, 0.25) is 0 Å². The van der Waals surface area contributed by atoms with Crippen LogP contribution in [0.4, 0.5) is 0 Å². The monoisotopic (exact) mass is 343 g/mol. The zero-order valence-electron chi connectivity index (χ0n) is 16.1. The lowest BCUT2D eigenvalue weighted by Crippen LogP contribution is -2.49. The van der Waals surface area contributed by atoms with Gasteiger partial charge < -0.3 is 14.8 Å². The van der Waals surface area contributed by atoms with E-state index in [1.165, 1.54) is 0 Å². The summed E-state index contributed by atoms with van der Waals surface area (Å²) < 4.78 is 11.1. The molecular weight excluding hydrogens is 306 g/mol. The topological polar surface area (TPSA) is 54.0 Å². The van der Waals surface area contributed by atoms with E-state index in [9.17, 15) is 4.79 Å². The highest BCUT2D eigenvalue weighted by Gasteiger charge is 2.18. The van der Waals surface area contributed by atoms with Gasteiger partial charge in [-0.15, -0.1) is 0 Å². The number of piperazine rings is 1. The Morgan fingerprint density at radius 3 is 2.17 bits per heavy atom. The van der Waals surface area contributed by atoms with E-state index in [1.54, 1.807) is 0 Å². The SMILES string of the molecule is CC(C)CC(=O)NCCOCCOCCN1CCN(C(C)C)CC1. The van der Waals surface area contributed by atoms with E-state index in [-0.39, 0.29) is 5.91 Å². The van der Waals surface area contributed by atoms with Gasteiger partial charge >= 0.3 is 0 Å². The second kappa shape index (κ2) is 12.6. The maximum absolute atomic E-state index is 11.4. The lowest BCUT2D eigenvalue weighted by atomic mass is 10.1. The van der Waals surface area contributed by atoms with E-state index in [0.29, 0.717) is 44.7 Å². The Balaban J connectivity index is 1.85. The Labute approximate surface area is 147 Å². The Hall–Kier alpha value is -0.690. The third kappa shape index (κ3) is 10.2. The predicted molar refractivity (Wildman–Crippen MR) is 97.3 cm³/mol. The molecule has 0 aromatic heterocycles. The number of nitrogens with one attached hydrogen (secondary N) is 1. The highest BCUT2D eigenvalue weighted by Crippen LogP contribution is 2.05. The molecule has 0 bridgehead atoms. The van der Waals surface area contributed by atoms with Gasteiger partial charge in [-0.2, -0.15) is 0 Å². The van der Waals surface area contributed by atoms with Gasteiger partial charge in [0.05, 0.1) is 26.4 Å². The Bertz CT molecular complexity index is 329. The minimum atomic E-state index is 0.0995. The van der Waals surface area contributed by atoms with Crippen molar-refractivity contribution in [2.75, 3.05) is 65.7 Å². The summed E-state index contributed by atoms with van der Waals surface area (Å²) in [6.07, 6.45) is 0.578. The Morgan fingerprint density at radius 1 is 0.958 bits per heavy atom. The fourth-order valence-electron chi connectivity index (χ4n) is 2.72. The van der Waals surface area contributed by atoms with Gasteiger partial charge in [-0.3, -0.25) is 14.6 Å². The van der Waals surface area contributed by atoms with Crippen LogP contribution in [0.15, 0.2) is 0 Å². The standard InChI is InChI=1S/C18H37N3O3/c1-16(2)15-18(22)19-5-11-23-13-14-24-12-10-20-6-8-21(9-7-20)17(3)4/h16-17H,5-15H2,1-4H3,(H,19,22). The van der Waals surface area contributed by atoms with Crippen molar-refractivity contribution < 1.29 is 14.3 Å². The third-order valence-electron chi connectivity index (χ3n) is 4.22. The van der Waals surface area contributed by atoms with E-state index >= 15 is 0 Å². The van der Waals surface area contributed by atoms with Crippen LogP contribution in [0, 0.1) is 5.92 Å². The van der Waals surface area contributed by atoms with Crippen molar-refractivity contribution in [2.24, 2.45) is 5.92 Å². The first-order chi connectivity index (χ1) is 11.5. The molecule has 1 rings (SSSR count). The number of rotatable bonds is 12. The van der Waals surface area contributed by atoms with Gasteiger partial charge in [0, 0.05) is 51.7 Å². The van der Waals surface area contributed by atoms with Crippen molar-refractivity contribution in [3.8, 4) is 0 Å². The molecule has 1 N–H and O–H groups in total. The summed E-state index contributed by atoms with van der Waals surface area (Å²) in [6, 6.07) is 0.649. The van der Waals surface area contributed by atoms with Gasteiger partial charge in [0.25, 0.3) is 0 Å². The number of carbonyl (C=O) groups excluding carboxylic acids is 1. The van der Waals surface area contributed by atoms with Crippen LogP contribution >= 0.6 is 0 Å². The molecule has 1 heterocycles. The minimum absolute atomic E-state index is 0.0995. The molecule has 0 radical (unpaired) electrons. The molecule has 0 unspecified atom stereocenters. The summed E-state index contributed by atoms with van der Waals surface area (Å²) >= 11 is 0. The molecule has 1 aliphatic heterocycles. The summed E-state index contributed by atoms with van der Waals surface area (Å²) in [5.74, 6) is 0.495. The van der Waals surface area contributed by atoms with Gasteiger partial charge in [0.2, 0.25) is 5.91 Å². The van der Waals surface area contributed by atoms with Crippen LogP contribution in [0.5, 0.6) is 0 Å². The zero-order chi connectivity index (χ0) is 17.8. The lowest BCUT2D eigenvalue weighted by Gasteiger charge is -2.36. The molecule has 6 nitrogen and oxygen atoms in total. The van der Waals surface area contributed by atoms with E-state index in [0.717, 1.165) is 39.3 Å². The first-order valence-electron chi connectivity index (χ1n) is 9.37. The number of nitrogens with zero attached hydrogens (tertiary/aromatic N) is 2. The number of hydrogen-bond acceptors (Lipinski definition) is 5. The normalized spacial score (nSPS) is 16.9. The second-order valence-electron chi connectivity index (χ2n) is 7.14. The van der Waals surface area contributed by atoms with Crippen LogP contribution in [0.1, 0.15) is 34.1 Å². The molecule has 142 valence electrons. The van der Waals surface area contributed by atoms with Gasteiger partial charge in [-0.05, 0) is 19.8 Å². The van der Waals surface area contributed by atoms with Crippen LogP contribution in [0.3, 0.4) is 0 Å². The Morgan fingerprint density at radius 2 is 1.58 bits per heavy atom. The first kappa shape index (κ1) is 21.4. The maximum atomic E-state index is 11.4. The average molecular weight is 344 g/mol. The second-order valence-corrected chi connectivity index (χ2v) is 7.14. The molecule has 1 aliphatic rings. The van der Waals surface area contributed by atoms with E-state index in [1.807, 2.05) is 13.8 Å². The number of carbonyl (C=O) groups is 1. The quantitative estimate of drug-likeness (QED) is 0.540. The van der Waals surface area contributed by atoms with Gasteiger partial charge in [0.15, 0.2) is 0 Å². The van der Waals surface area contributed by atoms with E-state index < -0.39 is 0 Å². The molecule has 6 heteroatoms. The summed E-state index contributed by atoms with van der Waals surface area (Å²) in [7, 11) is 0. The molecule has 0 aromatic carbocycles. The molecule has 1 saturated heterocycles. The molecular formula is C18H37N3O3. The molecule has 1 fully saturated rings. The largest absolute Gasteiger partial charge is 0.378 e. The molecule has 0 atom stereocenters. The fraction of sp³-hybridized carbons (Fsp3) is 0.944. The van der Waals surface area contributed by atoms with Crippen molar-refractivity contribution >= 4 is 5.91 Å². The molecule has 1 amide bonds. The van der Waals surface area contributed by atoms with Crippen LogP contribution in [-0.2, 0) is 14.3 Å². The predicted octanol–water partition coefficient (Wildman–Crippen LogP) is 1.21. The van der Waals surface area contributed by atoms with Crippen molar-refractivity contribution in [3.05, 3.63) is 0 Å². The number of hydrogen-bond donors (Lipinski definition) is 1. The smallest absolute Gasteiger partial charge is 0.220 e. The summed E-state index contributed by atoms with van der Waals surface area (Å²) in [5, 5.41) is 2.86. The molecule has 0 aromatic rings. The van der Waals surface area contributed by atoms with Gasteiger partial charge in [0.1, 0.15) is 0 Å². The van der Waals surface area contributed by atoms with E-state index in [2.05, 4.69) is 29.0 Å². The summed E-state index contributed by atoms with van der Waals surface area (Å²) in [6.45, 7) is 17.3. The van der Waals surface area contributed by atoms with Crippen LogP contribution in [0.25, 0.3) is 0 Å². The van der Waals surface area contributed by atoms with E-state index in [4.69, 9.17) is 9.47 Å². The van der Waals surface area contributed by atoms with Crippen molar-refractivity contribution in [2.45, 2.75) is 40.2 Å². The van der Waals surface area contributed by atoms with Crippen molar-refractivity contribution in [1.82, 2.24) is 15.1 Å². The van der Waals surface area contributed by atoms with Crippen LogP contribution < -0.4 is 5.32 Å². The molecule has 0 saturated carbocycles.